The van der Waals surface area contributed by atoms with Crippen LogP contribution >= 0.6 is 0 Å². The van der Waals surface area contributed by atoms with E-state index in [1.165, 1.54) is 48.5 Å². The third-order valence-electron chi connectivity index (χ3n) is 5.61. The molecule has 4 aromatic carbocycles. The molecule has 180 valence electrons. The molecule has 0 atom stereocenters. The van der Waals surface area contributed by atoms with Gasteiger partial charge in [-0.05, 0) is 83.9 Å². The molecular weight excluding hydrogens is 460 g/mol. The minimum absolute atomic E-state index is 0.246. The van der Waals surface area contributed by atoms with Gasteiger partial charge >= 0.3 is 6.18 Å². The molecule has 0 radical (unpaired) electrons. The van der Waals surface area contributed by atoms with Gasteiger partial charge in [-0.15, -0.1) is 0 Å². The van der Waals surface area contributed by atoms with Gasteiger partial charge in [0.05, 0.1) is 0 Å². The molecule has 0 saturated heterocycles. The normalized spacial score (nSPS) is 11.8. The van der Waals surface area contributed by atoms with Crippen molar-refractivity contribution < 1.29 is 27.0 Å². The largest absolute Gasteiger partial charge is 0.457 e. The second-order valence-corrected chi connectivity index (χ2v) is 7.93. The van der Waals surface area contributed by atoms with E-state index in [0.717, 1.165) is 0 Å². The predicted molar refractivity (Wildman–Crippen MR) is 128 cm³/mol. The van der Waals surface area contributed by atoms with E-state index in [2.05, 4.69) is 0 Å². The number of nitrogens with two attached hydrogens (primary N) is 2. The van der Waals surface area contributed by atoms with E-state index in [9.17, 15) is 17.6 Å². The summed E-state index contributed by atoms with van der Waals surface area (Å²) in [5, 5.41) is 0. The number of ether oxygens (including phenoxy) is 2. The number of nitrogen functional groups attached to an aromatic ring is 2. The van der Waals surface area contributed by atoms with Gasteiger partial charge in [0.1, 0.15) is 35.1 Å². The number of alkyl halides is 4. The molecule has 0 bridgehead atoms. The first-order valence-electron chi connectivity index (χ1n) is 10.6. The maximum Gasteiger partial charge on any atom is 0.404 e. The Morgan fingerprint density at radius 3 is 1.06 bits per heavy atom. The van der Waals surface area contributed by atoms with E-state index < -0.39 is 18.3 Å². The number of rotatable bonds is 7. The maximum absolute atomic E-state index is 14.4. The molecule has 4 aromatic rings. The number of hydrogen-bond acceptors (Lipinski definition) is 4. The molecule has 0 heterocycles. The van der Waals surface area contributed by atoms with E-state index in [0.29, 0.717) is 34.4 Å². The molecule has 4 rings (SSSR count). The summed E-state index contributed by atoms with van der Waals surface area (Å²) in [6.07, 6.45) is -4.90. The van der Waals surface area contributed by atoms with E-state index in [-0.39, 0.29) is 11.1 Å². The van der Waals surface area contributed by atoms with Crippen LogP contribution in [0.3, 0.4) is 0 Å². The molecule has 0 aliphatic heterocycles. The zero-order valence-corrected chi connectivity index (χ0v) is 18.4. The molecule has 35 heavy (non-hydrogen) atoms. The highest BCUT2D eigenvalue weighted by Crippen LogP contribution is 2.47. The summed E-state index contributed by atoms with van der Waals surface area (Å²) in [5.74, 6) is 1.55. The van der Waals surface area contributed by atoms with Crippen LogP contribution in [-0.4, -0.2) is 12.9 Å². The highest BCUT2D eigenvalue weighted by Gasteiger charge is 2.57. The monoisotopic (exact) mass is 482 g/mol. The fourth-order valence-corrected chi connectivity index (χ4v) is 3.68. The minimum Gasteiger partial charge on any atom is -0.457 e. The van der Waals surface area contributed by atoms with Crippen molar-refractivity contribution in [2.45, 2.75) is 11.6 Å². The number of anilines is 2. The lowest BCUT2D eigenvalue weighted by Gasteiger charge is -2.34. The molecule has 4 nitrogen and oxygen atoms in total. The molecule has 4 N–H and O–H groups in total. The topological polar surface area (TPSA) is 70.5 Å². The Balaban J connectivity index is 1.63. The van der Waals surface area contributed by atoms with Gasteiger partial charge < -0.3 is 20.9 Å². The summed E-state index contributed by atoms with van der Waals surface area (Å²) in [6, 6.07) is 23.5. The second kappa shape index (κ2) is 9.58. The van der Waals surface area contributed by atoms with Crippen LogP contribution in [0, 0.1) is 0 Å². The van der Waals surface area contributed by atoms with E-state index >= 15 is 0 Å². The Labute approximate surface area is 199 Å². The van der Waals surface area contributed by atoms with Crippen LogP contribution in [0.2, 0.25) is 0 Å². The maximum atomic E-state index is 14.4. The lowest BCUT2D eigenvalue weighted by Crippen LogP contribution is -2.45. The van der Waals surface area contributed by atoms with Crippen LogP contribution in [0.4, 0.5) is 28.9 Å². The molecule has 0 aliphatic rings. The van der Waals surface area contributed by atoms with Crippen molar-refractivity contribution >= 4 is 11.4 Å². The molecule has 0 fully saturated rings. The molecule has 0 amide bonds. The van der Waals surface area contributed by atoms with Crippen LogP contribution in [0.25, 0.3) is 0 Å². The van der Waals surface area contributed by atoms with Gasteiger partial charge in [-0.3, -0.25) is 0 Å². The van der Waals surface area contributed by atoms with Gasteiger partial charge in [-0.1, -0.05) is 24.3 Å². The molecule has 0 saturated carbocycles. The van der Waals surface area contributed by atoms with Crippen molar-refractivity contribution in [3.05, 3.63) is 108 Å². The van der Waals surface area contributed by atoms with Gasteiger partial charge in [-0.25, -0.2) is 4.39 Å². The molecule has 0 aromatic heterocycles. The smallest absolute Gasteiger partial charge is 0.404 e. The molecule has 0 unspecified atom stereocenters. The summed E-state index contributed by atoms with van der Waals surface area (Å²) in [7, 11) is 0. The fraction of sp³-hybridized carbons (Fsp3) is 0.111. The lowest BCUT2D eigenvalue weighted by molar-refractivity contribution is -0.182. The van der Waals surface area contributed by atoms with Crippen molar-refractivity contribution in [3.63, 3.8) is 0 Å². The Hall–Kier alpha value is -4.20. The zero-order chi connectivity index (χ0) is 25.1. The third-order valence-corrected chi connectivity index (χ3v) is 5.61. The molecule has 8 heteroatoms. The summed E-state index contributed by atoms with van der Waals surface area (Å²) in [6.45, 7) is -1.67. The van der Waals surface area contributed by atoms with E-state index in [1.807, 2.05) is 0 Å². The van der Waals surface area contributed by atoms with Crippen molar-refractivity contribution in [2.24, 2.45) is 0 Å². The summed E-state index contributed by atoms with van der Waals surface area (Å²) < 4.78 is 68.8. The fourth-order valence-electron chi connectivity index (χ4n) is 3.68. The lowest BCUT2D eigenvalue weighted by atomic mass is 9.74. The standard InChI is InChI=1S/C27H22F4N2O2/c28-17-26(27(29,30)31,18-1-9-22(10-2-18)34-24-13-5-20(32)6-14-24)19-3-11-23(12-4-19)35-25-15-7-21(33)8-16-25/h1-16H,17,32-33H2. The van der Waals surface area contributed by atoms with Crippen molar-refractivity contribution in [3.8, 4) is 23.0 Å². The highest BCUT2D eigenvalue weighted by molar-refractivity contribution is 5.48. The average Bonchev–Trinajstić information content (AvgIpc) is 2.84. The third kappa shape index (κ3) is 5.01. The number of halogens is 4. The van der Waals surface area contributed by atoms with Crippen molar-refractivity contribution in [1.29, 1.82) is 0 Å². The van der Waals surface area contributed by atoms with Crippen molar-refractivity contribution in [2.75, 3.05) is 18.1 Å². The van der Waals surface area contributed by atoms with Gasteiger partial charge in [0.25, 0.3) is 0 Å². The first kappa shape index (κ1) is 23.9. The molecular formula is C27H22F4N2O2. The van der Waals surface area contributed by atoms with Gasteiger partial charge in [-0.2, -0.15) is 13.2 Å². The SMILES string of the molecule is Nc1ccc(Oc2ccc(C(CF)(c3ccc(Oc4ccc(N)cc4)cc3)C(F)(F)F)cc2)cc1. The summed E-state index contributed by atoms with van der Waals surface area (Å²) in [5.41, 5.74) is 9.04. The first-order valence-corrected chi connectivity index (χ1v) is 10.6. The summed E-state index contributed by atoms with van der Waals surface area (Å²) >= 11 is 0. The van der Waals surface area contributed by atoms with Gasteiger partial charge in [0.2, 0.25) is 0 Å². The summed E-state index contributed by atoms with van der Waals surface area (Å²) in [4.78, 5) is 0. The quantitative estimate of drug-likeness (QED) is 0.215. The van der Waals surface area contributed by atoms with Crippen molar-refractivity contribution in [1.82, 2.24) is 0 Å². The van der Waals surface area contributed by atoms with Crippen LogP contribution in [-0.2, 0) is 5.41 Å². The van der Waals surface area contributed by atoms with E-state index in [4.69, 9.17) is 20.9 Å². The Morgan fingerprint density at radius 1 is 0.514 bits per heavy atom. The minimum atomic E-state index is -4.90. The number of benzene rings is 4. The van der Waals surface area contributed by atoms with Crippen LogP contribution in [0.5, 0.6) is 23.0 Å². The second-order valence-electron chi connectivity index (χ2n) is 7.93. The average molecular weight is 482 g/mol. The number of hydrogen-bond donors (Lipinski definition) is 2. The zero-order valence-electron chi connectivity index (χ0n) is 18.4. The molecule has 0 aliphatic carbocycles. The van der Waals surface area contributed by atoms with Gasteiger partial charge in [0, 0.05) is 11.4 Å². The Bertz CT molecular complexity index is 1160. The van der Waals surface area contributed by atoms with Crippen LogP contribution in [0.15, 0.2) is 97.1 Å². The van der Waals surface area contributed by atoms with E-state index in [1.54, 1.807) is 48.5 Å². The van der Waals surface area contributed by atoms with Gasteiger partial charge in [0.15, 0.2) is 0 Å². The first-order chi connectivity index (χ1) is 16.7. The predicted octanol–water partition coefficient (Wildman–Crippen LogP) is 7.25. The Morgan fingerprint density at radius 2 is 0.800 bits per heavy atom. The Kier molecular flexibility index (Phi) is 6.55. The molecule has 0 spiro atoms. The van der Waals surface area contributed by atoms with Crippen LogP contribution < -0.4 is 20.9 Å². The van der Waals surface area contributed by atoms with Crippen LogP contribution in [0.1, 0.15) is 11.1 Å². The highest BCUT2D eigenvalue weighted by atomic mass is 19.4.